The quantitative estimate of drug-likeness (QED) is 0.406. The Morgan fingerprint density at radius 1 is 2.40 bits per heavy atom. The Kier molecular flexibility index (Phi) is 0.931. The number of aliphatic hydroxyl groups excluding tert-OH is 1. The summed E-state index contributed by atoms with van der Waals surface area (Å²) in [7, 11) is 0. The van der Waals surface area contributed by atoms with Gasteiger partial charge in [0, 0.05) is 1.37 Å². The molecule has 0 rings (SSSR count). The standard InChI is InChI=1S/C3H5NO/c1-3(5)2-4/h3,5H,1H3/i1D. The molecule has 5 heavy (non-hydrogen) atoms. The Balaban J connectivity index is 3.04. The van der Waals surface area contributed by atoms with E-state index in [2.05, 4.69) is 0 Å². The third kappa shape index (κ3) is 3.45. The van der Waals surface area contributed by atoms with Gasteiger partial charge in [-0.1, -0.05) is 0 Å². The van der Waals surface area contributed by atoms with Gasteiger partial charge in [0.1, 0.15) is 6.10 Å². The second-order valence-corrected chi connectivity index (χ2v) is 0.645. The van der Waals surface area contributed by atoms with Crippen molar-refractivity contribution in [3.8, 4) is 6.07 Å². The fourth-order valence-electron chi connectivity index (χ4n) is 0. The van der Waals surface area contributed by atoms with E-state index in [-0.39, 0.29) is 6.90 Å². The van der Waals surface area contributed by atoms with E-state index in [1.807, 2.05) is 0 Å². The first-order chi connectivity index (χ1) is 2.81. The second-order valence-electron chi connectivity index (χ2n) is 0.645. The van der Waals surface area contributed by atoms with Crippen LogP contribution in [0.5, 0.6) is 0 Å². The minimum absolute atomic E-state index is 0.226. The van der Waals surface area contributed by atoms with Crippen molar-refractivity contribution in [2.75, 3.05) is 0 Å². The highest BCUT2D eigenvalue weighted by molar-refractivity contribution is 4.75. The van der Waals surface area contributed by atoms with E-state index in [4.69, 9.17) is 11.7 Å². The molecule has 0 spiro atoms. The number of hydrogen-bond donors (Lipinski definition) is 1. The molecule has 0 fully saturated rings. The average Bonchev–Trinajstić information content (AvgIpc) is 1.65. The smallest absolute Gasteiger partial charge is 0.137 e. The van der Waals surface area contributed by atoms with Gasteiger partial charge >= 0.3 is 0 Å². The fourth-order valence-corrected chi connectivity index (χ4v) is 0. The molecule has 0 saturated carbocycles. The van der Waals surface area contributed by atoms with Crippen molar-refractivity contribution in [1.29, 1.82) is 5.26 Å². The zero-order valence-electron chi connectivity index (χ0n) is 3.68. The van der Waals surface area contributed by atoms with Crippen LogP contribution in [0, 0.1) is 11.3 Å². The van der Waals surface area contributed by atoms with Crippen LogP contribution in [0.3, 0.4) is 0 Å². The zero-order valence-corrected chi connectivity index (χ0v) is 2.68. The molecule has 0 aliphatic heterocycles. The molecule has 0 heterocycles. The molecule has 1 N–H and O–H groups in total. The summed E-state index contributed by atoms with van der Waals surface area (Å²) in [5.41, 5.74) is 0. The Labute approximate surface area is 32.1 Å². The van der Waals surface area contributed by atoms with Gasteiger partial charge < -0.3 is 5.11 Å². The van der Waals surface area contributed by atoms with Crippen LogP contribution >= 0.6 is 0 Å². The van der Waals surface area contributed by atoms with Gasteiger partial charge in [0.05, 0.1) is 6.07 Å². The van der Waals surface area contributed by atoms with Crippen LogP contribution in [-0.2, 0) is 0 Å². The summed E-state index contributed by atoms with van der Waals surface area (Å²) in [5.74, 6) is 0. The number of rotatable bonds is 0. The Morgan fingerprint density at radius 3 is 3.00 bits per heavy atom. The van der Waals surface area contributed by atoms with E-state index >= 15 is 0 Å². The first kappa shape index (κ1) is 2.67. The summed E-state index contributed by atoms with van der Waals surface area (Å²) in [6.45, 7) is -0.226. The lowest BCUT2D eigenvalue weighted by Crippen LogP contribution is -1.90. The van der Waals surface area contributed by atoms with E-state index in [0.29, 0.717) is 0 Å². The number of aliphatic hydroxyl groups is 1. The van der Waals surface area contributed by atoms with Crippen molar-refractivity contribution in [3.05, 3.63) is 0 Å². The van der Waals surface area contributed by atoms with Gasteiger partial charge in [-0.25, -0.2) is 0 Å². The van der Waals surface area contributed by atoms with Gasteiger partial charge in [-0.05, 0) is 6.90 Å². The van der Waals surface area contributed by atoms with Crippen LogP contribution < -0.4 is 0 Å². The minimum atomic E-state index is -1.09. The number of hydrogen-bond acceptors (Lipinski definition) is 2. The summed E-state index contributed by atoms with van der Waals surface area (Å²) in [6.07, 6.45) is -1.09. The van der Waals surface area contributed by atoms with Crippen LogP contribution in [0.2, 0.25) is 0 Å². The highest BCUT2D eigenvalue weighted by Crippen LogP contribution is 1.66. The molecule has 0 bridgehead atoms. The number of nitriles is 1. The third-order valence-corrected chi connectivity index (χ3v) is 0.149. The molecule has 1 unspecified atom stereocenters. The van der Waals surface area contributed by atoms with Crippen molar-refractivity contribution in [1.82, 2.24) is 0 Å². The average molecular weight is 72.1 g/mol. The molecule has 0 saturated heterocycles. The van der Waals surface area contributed by atoms with Crippen molar-refractivity contribution < 1.29 is 6.48 Å². The maximum atomic E-state index is 8.12. The SMILES string of the molecule is [2H]CC(O)C#N. The predicted octanol–water partition coefficient (Wildman–Crippen LogP) is -0.109. The maximum Gasteiger partial charge on any atom is 0.137 e. The lowest BCUT2D eigenvalue weighted by Gasteiger charge is -1.76. The van der Waals surface area contributed by atoms with E-state index in [1.165, 1.54) is 6.07 Å². The highest BCUT2D eigenvalue weighted by Gasteiger charge is 1.80. The Bertz CT molecular complexity index is 67.7. The van der Waals surface area contributed by atoms with Crippen molar-refractivity contribution in [2.24, 2.45) is 0 Å². The van der Waals surface area contributed by atoms with Crippen LogP contribution in [0.1, 0.15) is 8.27 Å². The summed E-state index contributed by atoms with van der Waals surface area (Å²) < 4.78 is 6.34. The Hall–Kier alpha value is -0.550. The molecule has 1 atom stereocenters. The van der Waals surface area contributed by atoms with Gasteiger partial charge in [0.15, 0.2) is 0 Å². The molecular formula is C3H5NO. The molecule has 28 valence electrons. The monoisotopic (exact) mass is 72.0 g/mol. The van der Waals surface area contributed by atoms with Gasteiger partial charge in [0.2, 0.25) is 0 Å². The normalized spacial score (nSPS) is 15.6. The van der Waals surface area contributed by atoms with E-state index in [9.17, 15) is 0 Å². The van der Waals surface area contributed by atoms with Crippen LogP contribution in [0.15, 0.2) is 0 Å². The molecule has 0 aliphatic carbocycles. The fraction of sp³-hybridized carbons (Fsp3) is 0.667. The topological polar surface area (TPSA) is 44.0 Å². The van der Waals surface area contributed by atoms with E-state index in [1.54, 1.807) is 0 Å². The van der Waals surface area contributed by atoms with Gasteiger partial charge in [-0.3, -0.25) is 0 Å². The van der Waals surface area contributed by atoms with Crippen LogP contribution in [0.4, 0.5) is 0 Å². The summed E-state index contributed by atoms with van der Waals surface area (Å²) >= 11 is 0. The van der Waals surface area contributed by atoms with E-state index < -0.39 is 6.10 Å². The molecule has 0 aromatic rings. The van der Waals surface area contributed by atoms with Gasteiger partial charge in [-0.2, -0.15) is 5.26 Å². The maximum absolute atomic E-state index is 8.12. The molecule has 0 radical (unpaired) electrons. The first-order valence-corrected chi connectivity index (χ1v) is 1.18. The molecule has 0 amide bonds. The van der Waals surface area contributed by atoms with Gasteiger partial charge in [0.25, 0.3) is 0 Å². The molecule has 0 aliphatic rings. The second kappa shape index (κ2) is 1.74. The summed E-state index contributed by atoms with van der Waals surface area (Å²) in [4.78, 5) is 0. The predicted molar refractivity (Wildman–Crippen MR) is 17.3 cm³/mol. The lowest BCUT2D eigenvalue weighted by molar-refractivity contribution is 0.251. The van der Waals surface area contributed by atoms with Gasteiger partial charge in [-0.15, -0.1) is 0 Å². The van der Waals surface area contributed by atoms with Crippen molar-refractivity contribution in [3.63, 3.8) is 0 Å². The van der Waals surface area contributed by atoms with Crippen molar-refractivity contribution >= 4 is 0 Å². The number of nitrogens with zero attached hydrogens (tertiary/aromatic N) is 1. The summed E-state index contributed by atoms with van der Waals surface area (Å²) in [6, 6.07) is 1.48. The lowest BCUT2D eigenvalue weighted by atomic mass is 10.5. The third-order valence-electron chi connectivity index (χ3n) is 0.149. The molecule has 0 aromatic carbocycles. The summed E-state index contributed by atoms with van der Waals surface area (Å²) in [5, 5.41) is 15.8. The Morgan fingerprint density at radius 2 is 3.00 bits per heavy atom. The van der Waals surface area contributed by atoms with Crippen molar-refractivity contribution in [2.45, 2.75) is 13.0 Å². The largest absolute Gasteiger partial charge is 0.378 e. The highest BCUT2D eigenvalue weighted by atomic mass is 16.3. The van der Waals surface area contributed by atoms with E-state index in [0.717, 1.165) is 0 Å². The van der Waals surface area contributed by atoms with Crippen LogP contribution in [0.25, 0.3) is 0 Å². The molecular weight excluding hydrogens is 66.0 g/mol. The minimum Gasteiger partial charge on any atom is -0.378 e. The first-order valence-electron chi connectivity index (χ1n) is 1.89. The molecule has 2 nitrogen and oxygen atoms in total. The molecule has 0 aromatic heterocycles. The van der Waals surface area contributed by atoms with Crippen LogP contribution in [-0.4, -0.2) is 11.2 Å². The zero-order chi connectivity index (χ0) is 4.99. The molecule has 2 heteroatoms.